The molecule has 1 N–H and O–H groups in total. The lowest BCUT2D eigenvalue weighted by Gasteiger charge is -2.24. The van der Waals surface area contributed by atoms with Crippen LogP contribution in [0.1, 0.15) is 22.3 Å². The summed E-state index contributed by atoms with van der Waals surface area (Å²) >= 11 is 0. The van der Waals surface area contributed by atoms with E-state index in [1.807, 2.05) is 0 Å². The van der Waals surface area contributed by atoms with Gasteiger partial charge in [-0.1, -0.05) is 6.07 Å². The van der Waals surface area contributed by atoms with Gasteiger partial charge >= 0.3 is 0 Å². The number of hydrogen-bond donors (Lipinski definition) is 1. The van der Waals surface area contributed by atoms with Crippen LogP contribution in [0.2, 0.25) is 0 Å². The van der Waals surface area contributed by atoms with Gasteiger partial charge < -0.3 is 10.2 Å². The number of nitrogens with one attached hydrogen (secondary N) is 1. The van der Waals surface area contributed by atoms with Crippen LogP contribution in [0.4, 0.5) is 8.78 Å². The van der Waals surface area contributed by atoms with Gasteiger partial charge in [-0.15, -0.1) is 0 Å². The van der Waals surface area contributed by atoms with Crippen LogP contribution >= 0.6 is 0 Å². The molecule has 0 bridgehead atoms. The molecular weight excluding hydrogens is 238 g/mol. The van der Waals surface area contributed by atoms with Crippen LogP contribution in [0.5, 0.6) is 0 Å². The molecule has 18 heavy (non-hydrogen) atoms. The van der Waals surface area contributed by atoms with Crippen LogP contribution in [-0.2, 0) is 0 Å². The Morgan fingerprint density at radius 2 is 2.17 bits per heavy atom. The van der Waals surface area contributed by atoms with Gasteiger partial charge in [0.1, 0.15) is 17.2 Å². The van der Waals surface area contributed by atoms with E-state index in [-0.39, 0.29) is 11.6 Å². The van der Waals surface area contributed by atoms with Crippen LogP contribution in [0, 0.1) is 18.6 Å². The van der Waals surface area contributed by atoms with E-state index in [4.69, 9.17) is 0 Å². The van der Waals surface area contributed by atoms with Crippen molar-refractivity contribution in [1.82, 2.24) is 10.2 Å². The fraction of sp³-hybridized carbons (Fsp3) is 0.462. The molecule has 1 aromatic carbocycles. The molecule has 0 spiro atoms. The standard InChI is InChI=1S/C13H16F2N2O/c1-8-3-4-10(14)11(12(8)15)13(18)17(2)9-5-6-16-7-9/h3-4,9,16H,5-7H2,1-2H3. The van der Waals surface area contributed by atoms with Gasteiger partial charge in [0.25, 0.3) is 5.91 Å². The summed E-state index contributed by atoms with van der Waals surface area (Å²) < 4.78 is 27.5. The minimum Gasteiger partial charge on any atom is -0.337 e. The predicted molar refractivity (Wildman–Crippen MR) is 64.5 cm³/mol. The molecule has 1 atom stereocenters. The molecule has 1 aromatic rings. The number of carbonyl (C=O) groups is 1. The van der Waals surface area contributed by atoms with Crippen molar-refractivity contribution < 1.29 is 13.6 Å². The summed E-state index contributed by atoms with van der Waals surface area (Å²) in [6.07, 6.45) is 0.803. The lowest BCUT2D eigenvalue weighted by atomic mass is 10.1. The Morgan fingerprint density at radius 3 is 2.78 bits per heavy atom. The van der Waals surface area contributed by atoms with Crippen LogP contribution in [-0.4, -0.2) is 37.0 Å². The first-order chi connectivity index (χ1) is 8.52. The molecule has 1 unspecified atom stereocenters. The van der Waals surface area contributed by atoms with E-state index in [9.17, 15) is 13.6 Å². The maximum atomic E-state index is 13.9. The first kappa shape index (κ1) is 13.0. The molecule has 1 aliphatic rings. The van der Waals surface area contributed by atoms with Gasteiger partial charge in [0.15, 0.2) is 0 Å². The number of carbonyl (C=O) groups excluding carboxylic acids is 1. The second-order valence-electron chi connectivity index (χ2n) is 4.62. The van der Waals surface area contributed by atoms with Gasteiger partial charge in [-0.05, 0) is 31.5 Å². The molecule has 5 heteroatoms. The smallest absolute Gasteiger partial charge is 0.259 e. The summed E-state index contributed by atoms with van der Waals surface area (Å²) in [7, 11) is 1.58. The van der Waals surface area contributed by atoms with Crippen molar-refractivity contribution in [2.24, 2.45) is 0 Å². The second kappa shape index (κ2) is 5.02. The Hall–Kier alpha value is -1.49. The average molecular weight is 254 g/mol. The van der Waals surface area contributed by atoms with E-state index in [1.165, 1.54) is 17.9 Å². The molecule has 1 fully saturated rings. The molecule has 0 aromatic heterocycles. The minimum absolute atomic E-state index is 0.00295. The van der Waals surface area contributed by atoms with Crippen molar-refractivity contribution in [2.75, 3.05) is 20.1 Å². The largest absolute Gasteiger partial charge is 0.337 e. The van der Waals surface area contributed by atoms with Crippen molar-refractivity contribution in [2.45, 2.75) is 19.4 Å². The van der Waals surface area contributed by atoms with Crippen molar-refractivity contribution in [3.05, 3.63) is 34.9 Å². The molecular formula is C13H16F2N2O. The maximum absolute atomic E-state index is 13.9. The number of nitrogens with zero attached hydrogens (tertiary/aromatic N) is 1. The Labute approximate surface area is 105 Å². The highest BCUT2D eigenvalue weighted by Crippen LogP contribution is 2.19. The third-order valence-electron chi connectivity index (χ3n) is 3.40. The number of halogens is 2. The average Bonchev–Trinajstić information content (AvgIpc) is 2.87. The third-order valence-corrected chi connectivity index (χ3v) is 3.40. The maximum Gasteiger partial charge on any atom is 0.259 e. The Balaban J connectivity index is 2.30. The number of aryl methyl sites for hydroxylation is 1. The number of hydrogen-bond acceptors (Lipinski definition) is 2. The number of benzene rings is 1. The third kappa shape index (κ3) is 2.22. The van der Waals surface area contributed by atoms with Crippen LogP contribution in [0.3, 0.4) is 0 Å². The Kier molecular flexibility index (Phi) is 3.61. The fourth-order valence-corrected chi connectivity index (χ4v) is 2.16. The zero-order valence-corrected chi connectivity index (χ0v) is 10.5. The summed E-state index contributed by atoms with van der Waals surface area (Å²) in [5.74, 6) is -2.17. The molecule has 3 nitrogen and oxygen atoms in total. The summed E-state index contributed by atoms with van der Waals surface area (Å²) in [6.45, 7) is 3.00. The lowest BCUT2D eigenvalue weighted by Crippen LogP contribution is -2.39. The molecule has 2 rings (SSSR count). The van der Waals surface area contributed by atoms with Crippen molar-refractivity contribution in [3.63, 3.8) is 0 Å². The van der Waals surface area contributed by atoms with E-state index in [1.54, 1.807) is 7.05 Å². The monoisotopic (exact) mass is 254 g/mol. The SMILES string of the molecule is Cc1ccc(F)c(C(=O)N(C)C2CCNC2)c1F. The molecule has 98 valence electrons. The summed E-state index contributed by atoms with van der Waals surface area (Å²) in [4.78, 5) is 13.6. The molecule has 1 aliphatic heterocycles. The summed E-state index contributed by atoms with van der Waals surface area (Å²) in [5.41, 5.74) is -0.179. The van der Waals surface area contributed by atoms with Gasteiger partial charge in [-0.2, -0.15) is 0 Å². The molecule has 0 radical (unpaired) electrons. The number of amides is 1. The van der Waals surface area contributed by atoms with Crippen molar-refractivity contribution >= 4 is 5.91 Å². The zero-order chi connectivity index (χ0) is 13.3. The van der Waals surface area contributed by atoms with E-state index < -0.39 is 23.1 Å². The van der Waals surface area contributed by atoms with Gasteiger partial charge in [0.05, 0.1) is 0 Å². The second-order valence-corrected chi connectivity index (χ2v) is 4.62. The molecule has 1 heterocycles. The van der Waals surface area contributed by atoms with Crippen LogP contribution < -0.4 is 5.32 Å². The van der Waals surface area contributed by atoms with Crippen LogP contribution in [0.25, 0.3) is 0 Å². The predicted octanol–water partition coefficient (Wildman–Crippen LogP) is 1.71. The Morgan fingerprint density at radius 1 is 1.44 bits per heavy atom. The highest BCUT2D eigenvalue weighted by molar-refractivity contribution is 5.95. The normalized spacial score (nSPS) is 19.0. The minimum atomic E-state index is -0.805. The highest BCUT2D eigenvalue weighted by Gasteiger charge is 2.28. The van der Waals surface area contributed by atoms with Crippen molar-refractivity contribution in [3.8, 4) is 0 Å². The van der Waals surface area contributed by atoms with E-state index in [2.05, 4.69) is 5.32 Å². The summed E-state index contributed by atoms with van der Waals surface area (Å²) in [5, 5.41) is 3.12. The first-order valence-corrected chi connectivity index (χ1v) is 5.95. The number of rotatable bonds is 2. The topological polar surface area (TPSA) is 32.3 Å². The first-order valence-electron chi connectivity index (χ1n) is 5.95. The van der Waals surface area contributed by atoms with Gasteiger partial charge in [-0.25, -0.2) is 8.78 Å². The number of likely N-dealkylation sites (N-methyl/N-ethyl adjacent to an activating group) is 1. The molecule has 0 aliphatic carbocycles. The zero-order valence-electron chi connectivity index (χ0n) is 10.5. The van der Waals surface area contributed by atoms with Gasteiger partial charge in [0, 0.05) is 19.6 Å². The lowest BCUT2D eigenvalue weighted by molar-refractivity contribution is 0.0733. The molecule has 0 saturated carbocycles. The van der Waals surface area contributed by atoms with Gasteiger partial charge in [0.2, 0.25) is 0 Å². The van der Waals surface area contributed by atoms with E-state index in [0.717, 1.165) is 19.0 Å². The van der Waals surface area contributed by atoms with E-state index >= 15 is 0 Å². The fourth-order valence-electron chi connectivity index (χ4n) is 2.16. The highest BCUT2D eigenvalue weighted by atomic mass is 19.1. The van der Waals surface area contributed by atoms with Gasteiger partial charge in [-0.3, -0.25) is 4.79 Å². The molecule has 1 saturated heterocycles. The van der Waals surface area contributed by atoms with E-state index in [0.29, 0.717) is 6.54 Å². The molecule has 1 amide bonds. The van der Waals surface area contributed by atoms with Crippen LogP contribution in [0.15, 0.2) is 12.1 Å². The summed E-state index contributed by atoms with van der Waals surface area (Å²) in [6, 6.07) is 2.46. The quantitative estimate of drug-likeness (QED) is 0.871. The Bertz CT molecular complexity index is 470. The van der Waals surface area contributed by atoms with Crippen molar-refractivity contribution in [1.29, 1.82) is 0 Å².